The fourth-order valence-corrected chi connectivity index (χ4v) is 3.70. The van der Waals surface area contributed by atoms with Crippen LogP contribution in [0, 0.1) is 5.41 Å². The molecule has 0 aliphatic rings. The van der Waals surface area contributed by atoms with Crippen LogP contribution in [0.15, 0.2) is 78.9 Å². The topological polar surface area (TPSA) is 84.9 Å². The summed E-state index contributed by atoms with van der Waals surface area (Å²) >= 11 is 0. The van der Waals surface area contributed by atoms with E-state index < -0.39 is 40.7 Å². The number of carboxylic acid groups (broad SMARTS) is 1. The summed E-state index contributed by atoms with van der Waals surface area (Å²) in [5.74, 6) is -2.31. The first-order valence-electron chi connectivity index (χ1n) is 11.5. The first kappa shape index (κ1) is 27.9. The van der Waals surface area contributed by atoms with Gasteiger partial charge in [-0.05, 0) is 29.3 Å². The number of hydrogen-bond acceptors (Lipinski definition) is 4. The summed E-state index contributed by atoms with van der Waals surface area (Å²) in [7, 11) is 0. The first-order valence-corrected chi connectivity index (χ1v) is 11.5. The fraction of sp³-hybridized carbons (Fsp3) is 0.286. The molecule has 0 aromatic heterocycles. The van der Waals surface area contributed by atoms with Crippen LogP contribution in [0.2, 0.25) is 0 Å². The third kappa shape index (κ3) is 7.90. The lowest BCUT2D eigenvalue weighted by Crippen LogP contribution is -2.45. The van der Waals surface area contributed by atoms with Crippen LogP contribution in [0.4, 0.5) is 18.9 Å². The van der Waals surface area contributed by atoms with Gasteiger partial charge in [-0.1, -0.05) is 74.5 Å². The number of carbonyl (C=O) groups is 2. The molecule has 9 heteroatoms. The molecule has 6 nitrogen and oxygen atoms in total. The van der Waals surface area contributed by atoms with Gasteiger partial charge in [-0.3, -0.25) is 4.79 Å². The van der Waals surface area contributed by atoms with Crippen LogP contribution in [0.1, 0.15) is 40.9 Å². The highest BCUT2D eigenvalue weighted by molar-refractivity contribution is 6.02. The predicted octanol–water partition coefficient (Wildman–Crippen LogP) is 6.17. The van der Waals surface area contributed by atoms with Gasteiger partial charge >= 0.3 is 12.1 Å². The number of alkyl halides is 3. The van der Waals surface area contributed by atoms with Gasteiger partial charge in [-0.15, -0.1) is 0 Å². The Bertz CT molecular complexity index is 1200. The second kappa shape index (κ2) is 12.0. The van der Waals surface area contributed by atoms with E-state index in [0.717, 1.165) is 23.3 Å². The monoisotopic (exact) mass is 515 g/mol. The third-order valence-electron chi connectivity index (χ3n) is 5.63. The molecule has 1 atom stereocenters. The summed E-state index contributed by atoms with van der Waals surface area (Å²) in [5, 5.41) is 11.9. The first-order chi connectivity index (χ1) is 17.5. The van der Waals surface area contributed by atoms with Crippen LogP contribution in [0.5, 0.6) is 0 Å². The molecule has 0 heterocycles. The lowest BCUT2D eigenvalue weighted by atomic mass is 9.86. The van der Waals surface area contributed by atoms with Crippen molar-refractivity contribution in [3.63, 3.8) is 0 Å². The van der Waals surface area contributed by atoms with Crippen molar-refractivity contribution in [3.8, 4) is 0 Å². The number of hydrogen-bond donors (Lipinski definition) is 2. The molecule has 0 radical (unpaired) electrons. The zero-order valence-corrected chi connectivity index (χ0v) is 20.4. The van der Waals surface area contributed by atoms with E-state index in [1.807, 2.05) is 60.7 Å². The van der Waals surface area contributed by atoms with E-state index in [9.17, 15) is 27.9 Å². The number of amides is 1. The molecular weight excluding hydrogens is 487 g/mol. The molecule has 0 saturated heterocycles. The van der Waals surface area contributed by atoms with Crippen LogP contribution in [0.3, 0.4) is 0 Å². The molecule has 3 aromatic rings. The Morgan fingerprint density at radius 1 is 0.892 bits per heavy atom. The van der Waals surface area contributed by atoms with Gasteiger partial charge in [0.25, 0.3) is 5.91 Å². The van der Waals surface area contributed by atoms with Crippen molar-refractivity contribution in [2.45, 2.75) is 39.3 Å². The van der Waals surface area contributed by atoms with Crippen LogP contribution >= 0.6 is 0 Å². The van der Waals surface area contributed by atoms with Crippen LogP contribution in [-0.2, 0) is 33.7 Å². The van der Waals surface area contributed by atoms with Gasteiger partial charge < -0.3 is 19.9 Å². The molecule has 0 aliphatic heterocycles. The van der Waals surface area contributed by atoms with E-state index >= 15 is 0 Å². The number of aromatic carboxylic acids is 1. The molecule has 0 saturated carbocycles. The van der Waals surface area contributed by atoms with E-state index in [1.54, 1.807) is 13.8 Å². The Kier molecular flexibility index (Phi) is 9.07. The van der Waals surface area contributed by atoms with Crippen molar-refractivity contribution < 1.29 is 37.3 Å². The van der Waals surface area contributed by atoms with Crippen molar-refractivity contribution in [1.29, 1.82) is 0 Å². The number of benzene rings is 3. The zero-order valence-electron chi connectivity index (χ0n) is 20.4. The van der Waals surface area contributed by atoms with Gasteiger partial charge in [0.15, 0.2) is 0 Å². The maximum atomic E-state index is 13.4. The lowest BCUT2D eigenvalue weighted by Gasteiger charge is -2.33. The maximum absolute atomic E-state index is 13.4. The van der Waals surface area contributed by atoms with E-state index in [-0.39, 0.29) is 18.9 Å². The summed E-state index contributed by atoms with van der Waals surface area (Å²) in [6, 6.07) is 20.7. The van der Waals surface area contributed by atoms with Gasteiger partial charge in [0.05, 0.1) is 36.6 Å². The average molecular weight is 516 g/mol. The minimum atomic E-state index is -4.73. The van der Waals surface area contributed by atoms with Gasteiger partial charge in [-0.25, -0.2) is 4.79 Å². The summed E-state index contributed by atoms with van der Waals surface area (Å²) in [4.78, 5) is 25.0. The number of anilines is 1. The Hall–Kier alpha value is -3.69. The molecule has 2 N–H and O–H groups in total. The molecular formula is C28H28F3NO5. The third-order valence-corrected chi connectivity index (χ3v) is 5.63. The van der Waals surface area contributed by atoms with Crippen molar-refractivity contribution in [2.24, 2.45) is 5.41 Å². The number of nitrogens with one attached hydrogen (secondary N) is 1. The highest BCUT2D eigenvalue weighted by Crippen LogP contribution is 2.33. The van der Waals surface area contributed by atoms with Crippen LogP contribution < -0.4 is 5.32 Å². The summed E-state index contributed by atoms with van der Waals surface area (Å²) in [6.45, 7) is 4.03. The second-order valence-corrected chi connectivity index (χ2v) is 9.20. The molecule has 0 aliphatic carbocycles. The van der Waals surface area contributed by atoms with Crippen molar-refractivity contribution in [2.75, 3.05) is 11.9 Å². The number of rotatable bonds is 11. The smallest absolute Gasteiger partial charge is 0.416 e. The fourth-order valence-electron chi connectivity index (χ4n) is 3.70. The van der Waals surface area contributed by atoms with Crippen molar-refractivity contribution in [1.82, 2.24) is 0 Å². The molecule has 1 amide bonds. The van der Waals surface area contributed by atoms with Gasteiger partial charge in [0, 0.05) is 5.41 Å². The molecule has 0 bridgehead atoms. The van der Waals surface area contributed by atoms with E-state index in [2.05, 4.69) is 5.32 Å². The largest absolute Gasteiger partial charge is 0.478 e. The van der Waals surface area contributed by atoms with E-state index in [1.165, 1.54) is 0 Å². The Labute approximate surface area is 213 Å². The Morgan fingerprint density at radius 2 is 1.46 bits per heavy atom. The molecule has 3 aromatic carbocycles. The summed E-state index contributed by atoms with van der Waals surface area (Å²) in [5.41, 5.74) is -1.21. The number of carboxylic acids is 1. The number of ether oxygens (including phenoxy) is 2. The lowest BCUT2D eigenvalue weighted by molar-refractivity contribution is -0.141. The van der Waals surface area contributed by atoms with Crippen LogP contribution in [0.25, 0.3) is 0 Å². The van der Waals surface area contributed by atoms with Gasteiger partial charge in [-0.2, -0.15) is 13.2 Å². The maximum Gasteiger partial charge on any atom is 0.416 e. The molecule has 0 fully saturated rings. The van der Waals surface area contributed by atoms with E-state index in [4.69, 9.17) is 9.47 Å². The molecule has 1 unspecified atom stereocenters. The Morgan fingerprint density at radius 3 is 2.00 bits per heavy atom. The highest BCUT2D eigenvalue weighted by Gasteiger charge is 2.38. The predicted molar refractivity (Wildman–Crippen MR) is 132 cm³/mol. The van der Waals surface area contributed by atoms with Gasteiger partial charge in [0.2, 0.25) is 0 Å². The van der Waals surface area contributed by atoms with Crippen LogP contribution in [-0.4, -0.2) is 29.7 Å². The number of carbonyl (C=O) groups excluding carboxylic acids is 1. The van der Waals surface area contributed by atoms with Crippen molar-refractivity contribution >= 4 is 17.6 Å². The minimum Gasteiger partial charge on any atom is -0.478 e. The standard InChI is InChI=1S/C28H28F3NO5/c1-27(2,18-36-16-19-9-5-3-6-10-19)24(37-17-20-11-7-4-8-12-20)25(33)32-23-14-13-21(28(29,30)31)15-22(23)26(34)35/h3-15,24H,16-18H2,1-2H3,(H,32,33)(H,34,35). The highest BCUT2D eigenvalue weighted by atomic mass is 19.4. The van der Waals surface area contributed by atoms with Crippen molar-refractivity contribution in [3.05, 3.63) is 101 Å². The normalized spacial score (nSPS) is 12.7. The SMILES string of the molecule is CC(C)(COCc1ccccc1)C(OCc1ccccc1)C(=O)Nc1ccc(C(F)(F)F)cc1C(=O)O. The summed E-state index contributed by atoms with van der Waals surface area (Å²) in [6.07, 6.45) is -5.85. The Balaban J connectivity index is 1.82. The quantitative estimate of drug-likeness (QED) is 0.319. The average Bonchev–Trinajstić information content (AvgIpc) is 2.84. The van der Waals surface area contributed by atoms with E-state index in [0.29, 0.717) is 12.7 Å². The molecule has 37 heavy (non-hydrogen) atoms. The second-order valence-electron chi connectivity index (χ2n) is 9.20. The van der Waals surface area contributed by atoms with Gasteiger partial charge in [0.1, 0.15) is 6.10 Å². The molecule has 3 rings (SSSR count). The molecule has 0 spiro atoms. The summed E-state index contributed by atoms with van der Waals surface area (Å²) < 4.78 is 51.1. The minimum absolute atomic E-state index is 0.0832. The zero-order chi connectivity index (χ0) is 27.1. The number of halogens is 3. The molecule has 196 valence electrons.